The Morgan fingerprint density at radius 1 is 1.21 bits per heavy atom. The van der Waals surface area contributed by atoms with E-state index in [0.29, 0.717) is 18.7 Å². The molecular weight excluding hydrogens is 273 g/mol. The highest BCUT2D eigenvalue weighted by Gasteiger charge is 2.10. The number of nitrogens with one attached hydrogen (secondary N) is 2. The first-order valence-electron chi connectivity index (χ1n) is 5.72. The Kier molecular flexibility index (Phi) is 6.24. The van der Waals surface area contributed by atoms with Crippen molar-refractivity contribution in [1.82, 2.24) is 0 Å². The molecule has 0 aromatic heterocycles. The molecule has 0 aliphatic carbocycles. The lowest BCUT2D eigenvalue weighted by Gasteiger charge is -2.11. The van der Waals surface area contributed by atoms with Gasteiger partial charge in [-0.3, -0.25) is 9.59 Å². The van der Waals surface area contributed by atoms with E-state index < -0.39 is 11.7 Å². The quantitative estimate of drug-likeness (QED) is 0.696. The summed E-state index contributed by atoms with van der Waals surface area (Å²) >= 11 is 5.37. The summed E-state index contributed by atoms with van der Waals surface area (Å²) in [5.41, 5.74) is 5.79. The fraction of sp³-hybridized carbons (Fsp3) is 0.333. The van der Waals surface area contributed by atoms with Crippen molar-refractivity contribution in [2.45, 2.75) is 12.8 Å². The third-order valence-electron chi connectivity index (χ3n) is 2.26. The van der Waals surface area contributed by atoms with Gasteiger partial charge < -0.3 is 16.4 Å². The molecule has 0 heterocycles. The highest BCUT2D eigenvalue weighted by atomic mass is 35.5. The molecule has 0 saturated heterocycles. The van der Waals surface area contributed by atoms with Crippen LogP contribution in [0.5, 0.6) is 0 Å². The van der Waals surface area contributed by atoms with E-state index in [9.17, 15) is 14.0 Å². The lowest BCUT2D eigenvalue weighted by Crippen LogP contribution is -2.18. The first kappa shape index (κ1) is 15.4. The third kappa shape index (κ3) is 5.23. The van der Waals surface area contributed by atoms with E-state index in [0.717, 1.165) is 6.07 Å². The Bertz CT molecular complexity index is 468. The number of nitrogens with two attached hydrogens (primary N) is 1. The molecule has 4 N–H and O–H groups in total. The number of amides is 2. The van der Waals surface area contributed by atoms with Crippen LogP contribution in [0.25, 0.3) is 0 Å². The number of carbonyl (C=O) groups is 2. The SMILES string of the molecule is NCCCC(=O)Nc1cc(F)ccc1NC(=O)CCl. The number of benzene rings is 1. The third-order valence-corrected chi connectivity index (χ3v) is 2.50. The molecule has 7 heteroatoms. The molecule has 0 spiro atoms. The van der Waals surface area contributed by atoms with E-state index in [1.165, 1.54) is 12.1 Å². The molecule has 104 valence electrons. The lowest BCUT2D eigenvalue weighted by molar-refractivity contribution is -0.116. The Balaban J connectivity index is 2.81. The topological polar surface area (TPSA) is 84.2 Å². The lowest BCUT2D eigenvalue weighted by atomic mass is 10.2. The first-order chi connectivity index (χ1) is 9.06. The number of carbonyl (C=O) groups excluding carboxylic acids is 2. The maximum atomic E-state index is 13.2. The molecule has 0 aliphatic rings. The zero-order valence-electron chi connectivity index (χ0n) is 10.2. The summed E-state index contributed by atoms with van der Waals surface area (Å²) in [5.74, 6) is -1.47. The minimum atomic E-state index is -0.516. The maximum Gasteiger partial charge on any atom is 0.239 e. The Morgan fingerprint density at radius 3 is 2.53 bits per heavy atom. The molecular formula is C12H15ClFN3O2. The van der Waals surface area contributed by atoms with Crippen LogP contribution in [0.2, 0.25) is 0 Å². The molecule has 1 rings (SSSR count). The fourth-order valence-corrected chi connectivity index (χ4v) is 1.45. The van der Waals surface area contributed by atoms with Gasteiger partial charge in [0.2, 0.25) is 11.8 Å². The fourth-order valence-electron chi connectivity index (χ4n) is 1.39. The molecule has 0 bridgehead atoms. The van der Waals surface area contributed by atoms with Crippen LogP contribution >= 0.6 is 11.6 Å². The van der Waals surface area contributed by atoms with Gasteiger partial charge in [-0.25, -0.2) is 4.39 Å². The molecule has 0 aliphatic heterocycles. The summed E-state index contributed by atoms with van der Waals surface area (Å²) in [7, 11) is 0. The minimum Gasteiger partial charge on any atom is -0.330 e. The van der Waals surface area contributed by atoms with Gasteiger partial charge in [-0.2, -0.15) is 0 Å². The van der Waals surface area contributed by atoms with Crippen molar-refractivity contribution in [3.05, 3.63) is 24.0 Å². The summed E-state index contributed by atoms with van der Waals surface area (Å²) < 4.78 is 13.2. The van der Waals surface area contributed by atoms with Crippen LogP contribution in [0, 0.1) is 5.82 Å². The summed E-state index contributed by atoms with van der Waals surface area (Å²) in [6.07, 6.45) is 0.764. The number of halogens is 2. The maximum absolute atomic E-state index is 13.2. The van der Waals surface area contributed by atoms with Gasteiger partial charge >= 0.3 is 0 Å². The van der Waals surface area contributed by atoms with Gasteiger partial charge in [-0.15, -0.1) is 11.6 Å². The van der Waals surface area contributed by atoms with E-state index in [-0.39, 0.29) is 23.9 Å². The van der Waals surface area contributed by atoms with Crippen molar-refractivity contribution in [2.24, 2.45) is 5.73 Å². The molecule has 0 atom stereocenters. The summed E-state index contributed by atoms with van der Waals surface area (Å²) in [6, 6.07) is 3.67. The largest absolute Gasteiger partial charge is 0.330 e. The van der Waals surface area contributed by atoms with Gasteiger partial charge in [0.05, 0.1) is 11.4 Å². The van der Waals surface area contributed by atoms with Crippen molar-refractivity contribution in [3.8, 4) is 0 Å². The van der Waals surface area contributed by atoms with Crippen LogP contribution in [-0.4, -0.2) is 24.2 Å². The molecule has 0 fully saturated rings. The van der Waals surface area contributed by atoms with Gasteiger partial charge in [-0.05, 0) is 31.2 Å². The molecule has 0 unspecified atom stereocenters. The second-order valence-electron chi connectivity index (χ2n) is 3.81. The minimum absolute atomic E-state index is 0.195. The zero-order chi connectivity index (χ0) is 14.3. The van der Waals surface area contributed by atoms with Crippen molar-refractivity contribution in [3.63, 3.8) is 0 Å². The predicted molar refractivity (Wildman–Crippen MR) is 72.7 cm³/mol. The van der Waals surface area contributed by atoms with Crippen LogP contribution in [0.4, 0.5) is 15.8 Å². The zero-order valence-corrected chi connectivity index (χ0v) is 11.0. The van der Waals surface area contributed by atoms with E-state index in [4.69, 9.17) is 17.3 Å². The average molecular weight is 288 g/mol. The number of hydrogen-bond donors (Lipinski definition) is 3. The van der Waals surface area contributed by atoms with Crippen molar-refractivity contribution in [2.75, 3.05) is 23.1 Å². The molecule has 2 amide bonds. The molecule has 19 heavy (non-hydrogen) atoms. The molecule has 0 radical (unpaired) electrons. The van der Waals surface area contributed by atoms with Crippen molar-refractivity contribution < 1.29 is 14.0 Å². The second-order valence-corrected chi connectivity index (χ2v) is 4.08. The van der Waals surface area contributed by atoms with E-state index >= 15 is 0 Å². The van der Waals surface area contributed by atoms with Gasteiger partial charge in [0, 0.05) is 6.42 Å². The average Bonchev–Trinajstić information content (AvgIpc) is 2.39. The monoisotopic (exact) mass is 287 g/mol. The standard InChI is InChI=1S/C12H15ClFN3O2/c13-7-12(19)16-9-4-3-8(14)6-10(9)17-11(18)2-1-5-15/h3-4,6H,1-2,5,7,15H2,(H,16,19)(H,17,18). The number of rotatable bonds is 6. The highest BCUT2D eigenvalue weighted by Crippen LogP contribution is 2.23. The Labute approximate surface area is 115 Å². The number of alkyl halides is 1. The molecule has 0 saturated carbocycles. The number of anilines is 2. The molecule has 1 aromatic carbocycles. The molecule has 1 aromatic rings. The second kappa shape index (κ2) is 7.70. The van der Waals surface area contributed by atoms with Crippen LogP contribution in [0.15, 0.2) is 18.2 Å². The van der Waals surface area contributed by atoms with Crippen LogP contribution in [-0.2, 0) is 9.59 Å². The van der Waals surface area contributed by atoms with E-state index in [2.05, 4.69) is 10.6 Å². The van der Waals surface area contributed by atoms with Gasteiger partial charge in [0.1, 0.15) is 11.7 Å². The smallest absolute Gasteiger partial charge is 0.239 e. The highest BCUT2D eigenvalue weighted by molar-refractivity contribution is 6.29. The van der Waals surface area contributed by atoms with Gasteiger partial charge in [-0.1, -0.05) is 0 Å². The predicted octanol–water partition coefficient (Wildman–Crippen LogP) is 1.68. The Morgan fingerprint density at radius 2 is 1.89 bits per heavy atom. The van der Waals surface area contributed by atoms with Gasteiger partial charge in [0.25, 0.3) is 0 Å². The van der Waals surface area contributed by atoms with Crippen LogP contribution < -0.4 is 16.4 Å². The van der Waals surface area contributed by atoms with Crippen molar-refractivity contribution >= 4 is 34.8 Å². The van der Waals surface area contributed by atoms with E-state index in [1.807, 2.05) is 0 Å². The summed E-state index contributed by atoms with van der Waals surface area (Å²) in [5, 5.41) is 5.00. The van der Waals surface area contributed by atoms with Crippen LogP contribution in [0.3, 0.4) is 0 Å². The van der Waals surface area contributed by atoms with E-state index in [1.54, 1.807) is 0 Å². The normalized spacial score (nSPS) is 10.1. The summed E-state index contributed by atoms with van der Waals surface area (Å²) in [4.78, 5) is 22.8. The Hall–Kier alpha value is -1.66. The first-order valence-corrected chi connectivity index (χ1v) is 6.25. The van der Waals surface area contributed by atoms with Crippen LogP contribution in [0.1, 0.15) is 12.8 Å². The van der Waals surface area contributed by atoms with Gasteiger partial charge in [0.15, 0.2) is 0 Å². The molecule has 5 nitrogen and oxygen atoms in total. The number of hydrogen-bond acceptors (Lipinski definition) is 3. The van der Waals surface area contributed by atoms with Crippen molar-refractivity contribution in [1.29, 1.82) is 0 Å². The summed E-state index contributed by atoms with van der Waals surface area (Å²) in [6.45, 7) is 0.395.